The molecule has 1 heterocycles. The molecule has 0 bridgehead atoms. The second-order valence-corrected chi connectivity index (χ2v) is 4.12. The Labute approximate surface area is 93.6 Å². The molecule has 0 saturated carbocycles. The fraction of sp³-hybridized carbons (Fsp3) is 0.333. The summed E-state index contributed by atoms with van der Waals surface area (Å²) >= 11 is 0. The molecule has 16 heavy (non-hydrogen) atoms. The maximum Gasteiger partial charge on any atom is 0.152 e. The molecule has 1 unspecified atom stereocenters. The van der Waals surface area contributed by atoms with Gasteiger partial charge < -0.3 is 5.11 Å². The molecule has 0 amide bonds. The number of nitrogens with zero attached hydrogens (tertiary/aromatic N) is 3. The third-order valence-corrected chi connectivity index (χ3v) is 3.19. The fourth-order valence-corrected chi connectivity index (χ4v) is 2.30. The zero-order chi connectivity index (χ0) is 11.0. The maximum atomic E-state index is 9.08. The van der Waals surface area contributed by atoms with Crippen LogP contribution >= 0.6 is 0 Å². The number of hydrogen-bond donors (Lipinski definition) is 1. The normalized spacial score (nSPS) is 17.9. The standard InChI is InChI=1S/C12H13N3O/c16-7-12-13-8-14-15(12)6-10-5-9-3-1-2-4-11(9)10/h1-4,8,10,16H,5-7H2. The Balaban J connectivity index is 1.79. The van der Waals surface area contributed by atoms with E-state index < -0.39 is 0 Å². The smallest absolute Gasteiger partial charge is 0.152 e. The van der Waals surface area contributed by atoms with Crippen LogP contribution in [-0.4, -0.2) is 19.9 Å². The van der Waals surface area contributed by atoms with E-state index in [9.17, 15) is 0 Å². The van der Waals surface area contributed by atoms with Crippen LogP contribution in [0.5, 0.6) is 0 Å². The first kappa shape index (κ1) is 9.54. The van der Waals surface area contributed by atoms with Crippen LogP contribution in [-0.2, 0) is 19.6 Å². The molecule has 0 saturated heterocycles. The minimum atomic E-state index is -0.0473. The van der Waals surface area contributed by atoms with Crippen LogP contribution in [0.1, 0.15) is 22.9 Å². The van der Waals surface area contributed by atoms with Gasteiger partial charge in [0.1, 0.15) is 12.9 Å². The molecular weight excluding hydrogens is 202 g/mol. The van der Waals surface area contributed by atoms with Gasteiger partial charge in [0.2, 0.25) is 0 Å². The summed E-state index contributed by atoms with van der Waals surface area (Å²) in [6, 6.07) is 8.47. The average molecular weight is 215 g/mol. The van der Waals surface area contributed by atoms with Gasteiger partial charge in [-0.3, -0.25) is 0 Å². The third kappa shape index (κ3) is 1.42. The monoisotopic (exact) mass is 215 g/mol. The Morgan fingerprint density at radius 2 is 2.25 bits per heavy atom. The van der Waals surface area contributed by atoms with Crippen molar-refractivity contribution in [3.8, 4) is 0 Å². The van der Waals surface area contributed by atoms with Crippen molar-refractivity contribution in [2.45, 2.75) is 25.5 Å². The van der Waals surface area contributed by atoms with Gasteiger partial charge in [0, 0.05) is 5.92 Å². The third-order valence-electron chi connectivity index (χ3n) is 3.19. The van der Waals surface area contributed by atoms with Crippen molar-refractivity contribution in [1.82, 2.24) is 14.8 Å². The van der Waals surface area contributed by atoms with Crippen molar-refractivity contribution in [3.63, 3.8) is 0 Å². The first-order valence-electron chi connectivity index (χ1n) is 5.44. The molecular formula is C12H13N3O. The van der Waals surface area contributed by atoms with Crippen LogP contribution in [0.3, 0.4) is 0 Å². The highest BCUT2D eigenvalue weighted by molar-refractivity contribution is 5.39. The summed E-state index contributed by atoms with van der Waals surface area (Å²) in [5.74, 6) is 1.16. The van der Waals surface area contributed by atoms with E-state index in [1.54, 1.807) is 4.68 Å². The molecule has 1 aliphatic carbocycles. The van der Waals surface area contributed by atoms with E-state index >= 15 is 0 Å². The lowest BCUT2D eigenvalue weighted by Crippen LogP contribution is -2.23. The molecule has 0 radical (unpaired) electrons. The lowest BCUT2D eigenvalue weighted by molar-refractivity contribution is 0.259. The van der Waals surface area contributed by atoms with E-state index in [1.807, 2.05) is 0 Å². The lowest BCUT2D eigenvalue weighted by atomic mass is 9.78. The topological polar surface area (TPSA) is 50.9 Å². The molecule has 0 fully saturated rings. The quantitative estimate of drug-likeness (QED) is 0.834. The van der Waals surface area contributed by atoms with E-state index in [0.717, 1.165) is 13.0 Å². The van der Waals surface area contributed by atoms with Gasteiger partial charge >= 0.3 is 0 Å². The van der Waals surface area contributed by atoms with Gasteiger partial charge in [-0.1, -0.05) is 24.3 Å². The second-order valence-electron chi connectivity index (χ2n) is 4.12. The van der Waals surface area contributed by atoms with Gasteiger partial charge in [-0.15, -0.1) is 0 Å². The predicted octanol–water partition coefficient (Wildman–Crippen LogP) is 1.11. The minimum absolute atomic E-state index is 0.0473. The Hall–Kier alpha value is -1.68. The zero-order valence-corrected chi connectivity index (χ0v) is 8.87. The van der Waals surface area contributed by atoms with Crippen molar-refractivity contribution in [2.75, 3.05) is 0 Å². The lowest BCUT2D eigenvalue weighted by Gasteiger charge is -2.30. The van der Waals surface area contributed by atoms with E-state index in [4.69, 9.17) is 5.11 Å². The Bertz CT molecular complexity index is 506. The second kappa shape index (κ2) is 3.72. The zero-order valence-electron chi connectivity index (χ0n) is 8.87. The molecule has 1 aliphatic rings. The highest BCUT2D eigenvalue weighted by Gasteiger charge is 2.26. The Morgan fingerprint density at radius 1 is 1.38 bits per heavy atom. The molecule has 1 aromatic heterocycles. The van der Waals surface area contributed by atoms with E-state index in [2.05, 4.69) is 34.3 Å². The van der Waals surface area contributed by atoms with Crippen LogP contribution < -0.4 is 0 Å². The number of rotatable bonds is 3. The summed E-state index contributed by atoms with van der Waals surface area (Å²) in [4.78, 5) is 4.00. The van der Waals surface area contributed by atoms with Crippen molar-refractivity contribution in [1.29, 1.82) is 0 Å². The molecule has 0 aliphatic heterocycles. The highest BCUT2D eigenvalue weighted by atomic mass is 16.3. The molecule has 0 spiro atoms. The van der Waals surface area contributed by atoms with E-state index in [-0.39, 0.29) is 6.61 Å². The number of hydrogen-bond acceptors (Lipinski definition) is 3. The van der Waals surface area contributed by atoms with Gasteiger partial charge in [-0.2, -0.15) is 5.10 Å². The van der Waals surface area contributed by atoms with Crippen molar-refractivity contribution in [3.05, 3.63) is 47.5 Å². The highest BCUT2D eigenvalue weighted by Crippen LogP contribution is 2.35. The van der Waals surface area contributed by atoms with Gasteiger partial charge in [0.05, 0.1) is 6.54 Å². The van der Waals surface area contributed by atoms with E-state index in [1.165, 1.54) is 17.5 Å². The Kier molecular flexibility index (Phi) is 2.22. The SMILES string of the molecule is OCc1ncnn1CC1Cc2ccccc21. The van der Waals surface area contributed by atoms with Crippen molar-refractivity contribution < 1.29 is 5.11 Å². The van der Waals surface area contributed by atoms with Crippen LogP contribution in [0.2, 0.25) is 0 Å². The summed E-state index contributed by atoms with van der Waals surface area (Å²) in [5, 5.41) is 13.2. The number of fused-ring (bicyclic) bond motifs is 1. The number of aliphatic hydroxyl groups excluding tert-OH is 1. The molecule has 3 rings (SSSR count). The van der Waals surface area contributed by atoms with Gasteiger partial charge in [0.15, 0.2) is 5.82 Å². The minimum Gasteiger partial charge on any atom is -0.388 e. The Morgan fingerprint density at radius 3 is 3.06 bits per heavy atom. The van der Waals surface area contributed by atoms with Crippen LogP contribution in [0, 0.1) is 0 Å². The molecule has 1 atom stereocenters. The summed E-state index contributed by atoms with van der Waals surface area (Å²) in [5.41, 5.74) is 2.83. The van der Waals surface area contributed by atoms with Crippen molar-refractivity contribution in [2.24, 2.45) is 0 Å². The van der Waals surface area contributed by atoms with Crippen LogP contribution in [0.15, 0.2) is 30.6 Å². The molecule has 4 nitrogen and oxygen atoms in total. The largest absolute Gasteiger partial charge is 0.388 e. The van der Waals surface area contributed by atoms with Crippen LogP contribution in [0.25, 0.3) is 0 Å². The molecule has 1 aromatic carbocycles. The van der Waals surface area contributed by atoms with Gasteiger partial charge in [-0.25, -0.2) is 9.67 Å². The van der Waals surface area contributed by atoms with Gasteiger partial charge in [-0.05, 0) is 17.5 Å². The molecule has 1 N–H and O–H groups in total. The van der Waals surface area contributed by atoms with Crippen LogP contribution in [0.4, 0.5) is 0 Å². The number of benzene rings is 1. The summed E-state index contributed by atoms with van der Waals surface area (Å²) in [7, 11) is 0. The summed E-state index contributed by atoms with van der Waals surface area (Å²) in [6.45, 7) is 0.765. The maximum absolute atomic E-state index is 9.08. The molecule has 4 heteroatoms. The first-order valence-corrected chi connectivity index (χ1v) is 5.44. The number of aromatic nitrogens is 3. The average Bonchev–Trinajstić information content (AvgIpc) is 2.73. The summed E-state index contributed by atoms with van der Waals surface area (Å²) in [6.07, 6.45) is 2.59. The number of aliphatic hydroxyl groups is 1. The first-order chi connectivity index (χ1) is 7.88. The predicted molar refractivity (Wildman–Crippen MR) is 58.8 cm³/mol. The molecule has 2 aromatic rings. The van der Waals surface area contributed by atoms with E-state index in [0.29, 0.717) is 11.7 Å². The van der Waals surface area contributed by atoms with Crippen molar-refractivity contribution >= 4 is 0 Å². The molecule has 82 valence electrons. The van der Waals surface area contributed by atoms with Gasteiger partial charge in [0.25, 0.3) is 0 Å². The summed E-state index contributed by atoms with van der Waals surface area (Å²) < 4.78 is 1.79. The fourth-order valence-electron chi connectivity index (χ4n) is 2.30.